The summed E-state index contributed by atoms with van der Waals surface area (Å²) in [6, 6.07) is 19.4. The SMILES string of the molecule is C#CC1(NC(=O)c2cccc(-c3cc4c(C(=O)NC)c(-c5ccc(C)cc5)oc4cc3NCC)c2)CCCCC1. The van der Waals surface area contributed by atoms with Gasteiger partial charge in [-0.05, 0) is 50.5 Å². The zero-order valence-electron chi connectivity index (χ0n) is 23.3. The average Bonchev–Trinajstić information content (AvgIpc) is 3.35. The van der Waals surface area contributed by atoms with Crippen molar-refractivity contribution in [2.75, 3.05) is 18.9 Å². The lowest BCUT2D eigenvalue weighted by Gasteiger charge is -2.33. The van der Waals surface area contributed by atoms with Crippen molar-refractivity contribution in [2.24, 2.45) is 0 Å². The van der Waals surface area contributed by atoms with Crippen LogP contribution in [0.3, 0.4) is 0 Å². The molecule has 4 aromatic rings. The molecule has 1 saturated carbocycles. The van der Waals surface area contributed by atoms with Crippen molar-refractivity contribution in [3.8, 4) is 34.8 Å². The fourth-order valence-corrected chi connectivity index (χ4v) is 5.56. The fourth-order valence-electron chi connectivity index (χ4n) is 5.56. The number of amides is 2. The number of hydrogen-bond acceptors (Lipinski definition) is 4. The van der Waals surface area contributed by atoms with E-state index in [1.807, 2.05) is 68.4 Å². The number of rotatable bonds is 7. The quantitative estimate of drug-likeness (QED) is 0.225. The van der Waals surface area contributed by atoms with Gasteiger partial charge in [-0.1, -0.05) is 67.1 Å². The summed E-state index contributed by atoms with van der Waals surface area (Å²) >= 11 is 0. The summed E-state index contributed by atoms with van der Waals surface area (Å²) in [6.45, 7) is 4.74. The third-order valence-electron chi connectivity index (χ3n) is 7.74. The monoisotopic (exact) mass is 533 g/mol. The molecule has 3 aromatic carbocycles. The van der Waals surface area contributed by atoms with Gasteiger partial charge in [-0.15, -0.1) is 6.42 Å². The van der Waals surface area contributed by atoms with Crippen molar-refractivity contribution in [3.05, 3.63) is 77.4 Å². The standard InChI is InChI=1S/C34H35N3O3/c1-5-34(17-8-7-9-18-34)37-32(38)25-12-10-11-24(19-25)26-20-27-29(21-28(26)36-6-2)40-31(30(27)33(39)35-4)23-15-13-22(3)14-16-23/h1,10-16,19-21,36H,6-9,17-18H2,2-4H3,(H,35,39)(H,37,38). The Morgan fingerprint density at radius 2 is 1.73 bits per heavy atom. The van der Waals surface area contributed by atoms with Crippen molar-refractivity contribution >= 4 is 28.5 Å². The van der Waals surface area contributed by atoms with E-state index in [9.17, 15) is 9.59 Å². The largest absolute Gasteiger partial charge is 0.455 e. The van der Waals surface area contributed by atoms with Crippen LogP contribution < -0.4 is 16.0 Å². The van der Waals surface area contributed by atoms with Gasteiger partial charge in [-0.2, -0.15) is 0 Å². The summed E-state index contributed by atoms with van der Waals surface area (Å²) in [5, 5.41) is 10.0. The molecule has 6 heteroatoms. The average molecular weight is 534 g/mol. The van der Waals surface area contributed by atoms with E-state index >= 15 is 0 Å². The second-order valence-corrected chi connectivity index (χ2v) is 10.5. The molecule has 0 unspecified atom stereocenters. The summed E-state index contributed by atoms with van der Waals surface area (Å²) in [6.07, 6.45) is 10.6. The molecule has 2 amide bonds. The van der Waals surface area contributed by atoms with Crippen molar-refractivity contribution in [1.82, 2.24) is 10.6 Å². The van der Waals surface area contributed by atoms with Crippen LogP contribution in [0.25, 0.3) is 33.4 Å². The highest BCUT2D eigenvalue weighted by molar-refractivity contribution is 6.13. The molecule has 0 radical (unpaired) electrons. The molecule has 1 aliphatic carbocycles. The van der Waals surface area contributed by atoms with E-state index in [1.165, 1.54) is 0 Å². The molecular weight excluding hydrogens is 498 g/mol. The number of benzene rings is 3. The second-order valence-electron chi connectivity index (χ2n) is 10.5. The molecule has 204 valence electrons. The Bertz CT molecular complexity index is 1600. The first-order chi connectivity index (χ1) is 19.4. The first kappa shape index (κ1) is 27.1. The Kier molecular flexibility index (Phi) is 7.66. The number of fused-ring (bicyclic) bond motifs is 1. The zero-order valence-corrected chi connectivity index (χ0v) is 23.3. The van der Waals surface area contributed by atoms with Gasteiger partial charge in [0.2, 0.25) is 0 Å². The van der Waals surface area contributed by atoms with Gasteiger partial charge in [0.25, 0.3) is 11.8 Å². The second kappa shape index (κ2) is 11.3. The van der Waals surface area contributed by atoms with Crippen LogP contribution in [0.2, 0.25) is 0 Å². The Balaban J connectivity index is 1.61. The predicted molar refractivity (Wildman–Crippen MR) is 161 cm³/mol. The zero-order chi connectivity index (χ0) is 28.3. The molecule has 40 heavy (non-hydrogen) atoms. The van der Waals surface area contributed by atoms with Crippen molar-refractivity contribution in [1.29, 1.82) is 0 Å². The highest BCUT2D eigenvalue weighted by Gasteiger charge is 2.32. The third kappa shape index (κ3) is 5.20. The van der Waals surface area contributed by atoms with Gasteiger partial charge in [0.05, 0.1) is 5.56 Å². The maximum atomic E-state index is 13.4. The lowest BCUT2D eigenvalue weighted by atomic mass is 9.82. The Morgan fingerprint density at radius 1 is 0.975 bits per heavy atom. The molecule has 3 N–H and O–H groups in total. The van der Waals surface area contributed by atoms with E-state index in [-0.39, 0.29) is 11.8 Å². The van der Waals surface area contributed by atoms with Crippen LogP contribution in [-0.4, -0.2) is 30.9 Å². The normalized spacial score (nSPS) is 14.3. The number of furan rings is 1. The van der Waals surface area contributed by atoms with E-state index in [0.29, 0.717) is 34.4 Å². The first-order valence-corrected chi connectivity index (χ1v) is 13.9. The highest BCUT2D eigenvalue weighted by Crippen LogP contribution is 2.40. The first-order valence-electron chi connectivity index (χ1n) is 13.9. The van der Waals surface area contributed by atoms with E-state index in [0.717, 1.165) is 60.0 Å². The van der Waals surface area contributed by atoms with Crippen LogP contribution in [-0.2, 0) is 0 Å². The van der Waals surface area contributed by atoms with Gasteiger partial charge in [0.1, 0.15) is 16.9 Å². The molecule has 0 bridgehead atoms. The molecule has 1 fully saturated rings. The number of carbonyl (C=O) groups excluding carboxylic acids is 2. The lowest BCUT2D eigenvalue weighted by Crippen LogP contribution is -2.48. The lowest BCUT2D eigenvalue weighted by molar-refractivity contribution is 0.0902. The van der Waals surface area contributed by atoms with Gasteiger partial charge >= 0.3 is 0 Å². The third-order valence-corrected chi connectivity index (χ3v) is 7.74. The number of terminal acetylenes is 1. The number of anilines is 1. The Labute approximate surface area is 235 Å². The summed E-state index contributed by atoms with van der Waals surface area (Å²) < 4.78 is 6.31. The molecular formula is C34H35N3O3. The number of aryl methyl sites for hydroxylation is 1. The predicted octanol–water partition coefficient (Wildman–Crippen LogP) is 6.93. The van der Waals surface area contributed by atoms with Gasteiger partial charge in [-0.3, -0.25) is 9.59 Å². The fraction of sp³-hybridized carbons (Fsp3) is 0.294. The molecule has 0 atom stereocenters. The maximum absolute atomic E-state index is 13.4. The molecule has 1 aromatic heterocycles. The number of hydrogen-bond donors (Lipinski definition) is 3. The van der Waals surface area contributed by atoms with E-state index in [1.54, 1.807) is 13.1 Å². The summed E-state index contributed by atoms with van der Waals surface area (Å²) in [7, 11) is 1.62. The van der Waals surface area contributed by atoms with Crippen molar-refractivity contribution < 1.29 is 14.0 Å². The van der Waals surface area contributed by atoms with Crippen LogP contribution in [0.1, 0.15) is 65.3 Å². The topological polar surface area (TPSA) is 83.4 Å². The molecule has 1 aliphatic rings. The van der Waals surface area contributed by atoms with Gasteiger partial charge in [-0.25, -0.2) is 0 Å². The van der Waals surface area contributed by atoms with Crippen LogP contribution >= 0.6 is 0 Å². The molecule has 5 rings (SSSR count). The van der Waals surface area contributed by atoms with Crippen LogP contribution in [0.4, 0.5) is 5.69 Å². The Hall–Kier alpha value is -4.50. The summed E-state index contributed by atoms with van der Waals surface area (Å²) in [4.78, 5) is 26.5. The van der Waals surface area contributed by atoms with Crippen LogP contribution in [0.15, 0.2) is 65.1 Å². The maximum Gasteiger partial charge on any atom is 0.255 e. The van der Waals surface area contributed by atoms with Gasteiger partial charge < -0.3 is 20.4 Å². The summed E-state index contributed by atoms with van der Waals surface area (Å²) in [5.41, 5.74) is 5.56. The van der Waals surface area contributed by atoms with Crippen LogP contribution in [0.5, 0.6) is 0 Å². The molecule has 0 saturated heterocycles. The number of carbonyl (C=O) groups is 2. The van der Waals surface area contributed by atoms with Crippen LogP contribution in [0, 0.1) is 19.3 Å². The number of nitrogens with one attached hydrogen (secondary N) is 3. The van der Waals surface area contributed by atoms with Crippen molar-refractivity contribution in [2.45, 2.75) is 51.5 Å². The van der Waals surface area contributed by atoms with E-state index in [4.69, 9.17) is 10.8 Å². The molecule has 6 nitrogen and oxygen atoms in total. The minimum absolute atomic E-state index is 0.177. The van der Waals surface area contributed by atoms with Gasteiger partial charge in [0, 0.05) is 47.4 Å². The smallest absolute Gasteiger partial charge is 0.255 e. The minimum Gasteiger partial charge on any atom is -0.455 e. The van der Waals surface area contributed by atoms with E-state index < -0.39 is 5.54 Å². The van der Waals surface area contributed by atoms with Crippen molar-refractivity contribution in [3.63, 3.8) is 0 Å². The Morgan fingerprint density at radius 3 is 2.40 bits per heavy atom. The molecule has 0 aliphatic heterocycles. The van der Waals surface area contributed by atoms with E-state index in [2.05, 4.69) is 21.9 Å². The summed E-state index contributed by atoms with van der Waals surface area (Å²) in [5.74, 6) is 2.98. The van der Waals surface area contributed by atoms with Gasteiger partial charge in [0.15, 0.2) is 0 Å². The molecule has 0 spiro atoms. The minimum atomic E-state index is -0.592. The molecule has 1 heterocycles. The highest BCUT2D eigenvalue weighted by atomic mass is 16.3.